The topological polar surface area (TPSA) is 92.3 Å². The predicted molar refractivity (Wildman–Crippen MR) is 205 cm³/mol. The van der Waals surface area contributed by atoms with Gasteiger partial charge in [0.25, 0.3) is 0 Å². The van der Waals surface area contributed by atoms with Crippen molar-refractivity contribution in [2.45, 2.75) is 44.5 Å². The van der Waals surface area contributed by atoms with E-state index >= 15 is 0 Å². The smallest absolute Gasteiger partial charge is 0.323 e. The number of likely N-dealkylation sites (N-methyl/N-ethyl adjacent to an activating group) is 1. The second-order valence-corrected chi connectivity index (χ2v) is 13.2. The van der Waals surface area contributed by atoms with Gasteiger partial charge in [-0.2, -0.15) is 0 Å². The van der Waals surface area contributed by atoms with Gasteiger partial charge in [-0.1, -0.05) is 91.0 Å². The highest BCUT2D eigenvalue weighted by Crippen LogP contribution is 2.39. The van der Waals surface area contributed by atoms with Crippen LogP contribution in [0.2, 0.25) is 0 Å². The molecule has 3 N–H and O–H groups in total. The van der Waals surface area contributed by atoms with Gasteiger partial charge in [0.1, 0.15) is 11.5 Å². The minimum Gasteiger partial charge on any atom is -0.457 e. The van der Waals surface area contributed by atoms with E-state index in [2.05, 4.69) is 72.0 Å². The molecule has 6 aromatic rings. The van der Waals surface area contributed by atoms with Crippen LogP contribution in [0.1, 0.15) is 54.0 Å². The first-order valence-corrected chi connectivity index (χ1v) is 17.6. The fraction of sp³-hybridized carbons (Fsp3) is 0.205. The van der Waals surface area contributed by atoms with Gasteiger partial charge in [-0.05, 0) is 96.0 Å². The molecule has 1 saturated heterocycles. The Hall–Kier alpha value is -5.51. The first kappa shape index (κ1) is 34.9. The van der Waals surface area contributed by atoms with Crippen LogP contribution in [0.25, 0.3) is 10.8 Å². The van der Waals surface area contributed by atoms with Gasteiger partial charge in [-0.25, -0.2) is 4.79 Å². The third-order valence-corrected chi connectivity index (χ3v) is 9.53. The molecule has 1 heterocycles. The van der Waals surface area contributed by atoms with Gasteiger partial charge in [-0.3, -0.25) is 4.90 Å². The molecular weight excluding hydrogens is 651 g/mol. The number of nitrogens with zero attached hydrogens (tertiary/aromatic N) is 1. The number of hydrogen-bond acceptors (Lipinski definition) is 6. The lowest BCUT2D eigenvalue weighted by Gasteiger charge is -2.39. The Balaban J connectivity index is 1.04. The molecule has 0 aliphatic carbocycles. The van der Waals surface area contributed by atoms with Crippen molar-refractivity contribution in [3.8, 4) is 11.5 Å². The van der Waals surface area contributed by atoms with E-state index in [4.69, 9.17) is 14.2 Å². The van der Waals surface area contributed by atoms with Gasteiger partial charge in [0.15, 0.2) is 6.29 Å². The minimum atomic E-state index is -0.660. The quantitative estimate of drug-likeness (QED) is 0.125. The predicted octanol–water partition coefficient (Wildman–Crippen LogP) is 10.0. The Bertz CT molecular complexity index is 2090. The summed E-state index contributed by atoms with van der Waals surface area (Å²) in [4.78, 5) is 15.3. The molecule has 0 unspecified atom stereocenters. The molecular formula is C44H43N3O5. The van der Waals surface area contributed by atoms with Crippen LogP contribution >= 0.6 is 0 Å². The minimum absolute atomic E-state index is 0.0149. The number of carbonyl (C=O) groups excluding carboxylic acids is 1. The van der Waals surface area contributed by atoms with Crippen LogP contribution in [0.4, 0.5) is 16.2 Å². The van der Waals surface area contributed by atoms with Crippen molar-refractivity contribution in [2.75, 3.05) is 24.2 Å². The van der Waals surface area contributed by atoms with E-state index in [0.717, 1.165) is 22.4 Å². The molecule has 1 fully saturated rings. The lowest BCUT2D eigenvalue weighted by atomic mass is 9.98. The summed E-state index contributed by atoms with van der Waals surface area (Å²) in [5.41, 5.74) is 5.16. The number of fused-ring (bicyclic) bond motifs is 1. The van der Waals surface area contributed by atoms with Crippen LogP contribution in [0.15, 0.2) is 146 Å². The fourth-order valence-electron chi connectivity index (χ4n) is 6.52. The standard InChI is InChI=1S/C44H43N3O5/c1-30(34-20-19-32-9-6-7-10-35(32)25-34)47(2)28-41-27-42(33-17-15-31(29-48)16-18-33)52-43(51-41)36-11-8-12-38(26-36)46-44(49)45-37-21-23-40(24-22-37)50-39-13-4-3-5-14-39/h3-26,30,41-43,48H,27-29H2,1-2H3,(H2,45,46,49)/t30-,41-,42+,43+/m1/s1. The summed E-state index contributed by atoms with van der Waals surface area (Å²) in [6.45, 7) is 2.90. The molecule has 8 nitrogen and oxygen atoms in total. The summed E-state index contributed by atoms with van der Waals surface area (Å²) in [6.07, 6.45) is -0.357. The average Bonchev–Trinajstić information content (AvgIpc) is 3.18. The summed E-state index contributed by atoms with van der Waals surface area (Å²) in [6, 6.07) is 47.1. The Morgan fingerprint density at radius 2 is 1.46 bits per heavy atom. The SMILES string of the molecule is C[C@H](c1ccc2ccccc2c1)N(C)C[C@H]1C[C@@H](c2ccc(CO)cc2)O[C@@H](c2cccc(NC(=O)Nc3ccc(Oc4ccccc4)cc3)c2)O1. The molecule has 0 saturated carbocycles. The number of hydrogen-bond donors (Lipinski definition) is 3. The highest BCUT2D eigenvalue weighted by Gasteiger charge is 2.33. The molecule has 0 spiro atoms. The van der Waals surface area contributed by atoms with Gasteiger partial charge in [0.05, 0.1) is 18.8 Å². The second kappa shape index (κ2) is 16.2. The number of rotatable bonds is 11. The summed E-state index contributed by atoms with van der Waals surface area (Å²) >= 11 is 0. The van der Waals surface area contributed by atoms with Crippen LogP contribution < -0.4 is 15.4 Å². The third-order valence-electron chi connectivity index (χ3n) is 9.53. The molecule has 0 aromatic heterocycles. The fourth-order valence-corrected chi connectivity index (χ4v) is 6.52. The van der Waals surface area contributed by atoms with Crippen molar-refractivity contribution < 1.29 is 24.1 Å². The normalized spacial score (nSPS) is 17.8. The Kier molecular flexibility index (Phi) is 10.9. The van der Waals surface area contributed by atoms with Crippen LogP contribution in [-0.2, 0) is 16.1 Å². The molecule has 8 heteroatoms. The van der Waals surface area contributed by atoms with E-state index in [0.29, 0.717) is 30.1 Å². The van der Waals surface area contributed by atoms with E-state index in [1.54, 1.807) is 12.1 Å². The molecule has 1 aliphatic rings. The number of ether oxygens (including phenoxy) is 3. The van der Waals surface area contributed by atoms with Crippen LogP contribution in [-0.4, -0.2) is 35.7 Å². The van der Waals surface area contributed by atoms with E-state index in [1.807, 2.05) is 91.0 Å². The number of aliphatic hydroxyl groups is 1. The van der Waals surface area contributed by atoms with Gasteiger partial charge in [0, 0.05) is 35.9 Å². The van der Waals surface area contributed by atoms with Gasteiger partial charge >= 0.3 is 6.03 Å². The van der Waals surface area contributed by atoms with Crippen molar-refractivity contribution >= 4 is 28.2 Å². The highest BCUT2D eigenvalue weighted by atomic mass is 16.7. The number of aliphatic hydroxyl groups excluding tert-OH is 1. The van der Waals surface area contributed by atoms with Crippen molar-refractivity contribution in [3.63, 3.8) is 0 Å². The van der Waals surface area contributed by atoms with Crippen LogP contribution in [0.5, 0.6) is 11.5 Å². The zero-order valence-electron chi connectivity index (χ0n) is 29.3. The Morgan fingerprint density at radius 3 is 2.23 bits per heavy atom. The van der Waals surface area contributed by atoms with E-state index in [9.17, 15) is 9.90 Å². The summed E-state index contributed by atoms with van der Waals surface area (Å²) in [5, 5.41) is 17.9. The van der Waals surface area contributed by atoms with Crippen LogP contribution in [0.3, 0.4) is 0 Å². The maximum absolute atomic E-state index is 13.0. The highest BCUT2D eigenvalue weighted by molar-refractivity contribution is 5.99. The number of carbonyl (C=O) groups is 1. The monoisotopic (exact) mass is 693 g/mol. The number of benzene rings is 6. The maximum Gasteiger partial charge on any atom is 0.323 e. The number of urea groups is 1. The molecule has 2 amide bonds. The molecule has 0 bridgehead atoms. The zero-order chi connectivity index (χ0) is 35.9. The summed E-state index contributed by atoms with van der Waals surface area (Å²) < 4.78 is 19.1. The Morgan fingerprint density at radius 1 is 0.750 bits per heavy atom. The van der Waals surface area contributed by atoms with E-state index in [1.165, 1.54) is 16.3 Å². The average molecular weight is 694 g/mol. The number of nitrogens with one attached hydrogen (secondary N) is 2. The molecule has 6 aromatic carbocycles. The van der Waals surface area contributed by atoms with Gasteiger partial charge < -0.3 is 30.0 Å². The first-order chi connectivity index (χ1) is 25.4. The lowest BCUT2D eigenvalue weighted by Crippen LogP contribution is -2.38. The molecule has 264 valence electrons. The molecule has 52 heavy (non-hydrogen) atoms. The lowest BCUT2D eigenvalue weighted by molar-refractivity contribution is -0.253. The molecule has 4 atom stereocenters. The van der Waals surface area contributed by atoms with Crippen molar-refractivity contribution in [3.05, 3.63) is 168 Å². The van der Waals surface area contributed by atoms with E-state index in [-0.39, 0.29) is 30.9 Å². The van der Waals surface area contributed by atoms with Crippen molar-refractivity contribution in [1.29, 1.82) is 0 Å². The van der Waals surface area contributed by atoms with Crippen LogP contribution in [0, 0.1) is 0 Å². The van der Waals surface area contributed by atoms with Gasteiger partial charge in [0.2, 0.25) is 0 Å². The number of para-hydroxylation sites is 1. The Labute approximate surface area is 304 Å². The first-order valence-electron chi connectivity index (χ1n) is 17.6. The molecule has 1 aliphatic heterocycles. The van der Waals surface area contributed by atoms with E-state index < -0.39 is 6.29 Å². The summed E-state index contributed by atoms with van der Waals surface area (Å²) in [5.74, 6) is 1.42. The number of amides is 2. The van der Waals surface area contributed by atoms with Crippen molar-refractivity contribution in [2.24, 2.45) is 0 Å². The third kappa shape index (κ3) is 8.67. The second-order valence-electron chi connectivity index (χ2n) is 13.2. The largest absolute Gasteiger partial charge is 0.457 e. The molecule has 0 radical (unpaired) electrons. The summed E-state index contributed by atoms with van der Waals surface area (Å²) in [7, 11) is 2.13. The van der Waals surface area contributed by atoms with Gasteiger partial charge in [-0.15, -0.1) is 0 Å². The maximum atomic E-state index is 13.0. The number of anilines is 2. The molecule has 7 rings (SSSR count). The van der Waals surface area contributed by atoms with Crippen molar-refractivity contribution in [1.82, 2.24) is 4.90 Å². The zero-order valence-corrected chi connectivity index (χ0v) is 29.3.